The largest absolute Gasteiger partial charge is 0.338 e. The summed E-state index contributed by atoms with van der Waals surface area (Å²) in [6.07, 6.45) is 1.53. The number of para-hydroxylation sites is 1. The predicted octanol–water partition coefficient (Wildman–Crippen LogP) is 3.02. The van der Waals surface area contributed by atoms with Crippen molar-refractivity contribution in [1.29, 1.82) is 0 Å². The molecule has 4 nitrogen and oxygen atoms in total. The molecule has 5 heteroatoms. The fraction of sp³-hybridized carbons (Fsp3) is 0.500. The SMILES string of the molecule is CCC(CC)(CN)C(=O)N(C)Cc1nc2ccccc2s1. The molecule has 0 radical (unpaired) electrons. The van der Waals surface area contributed by atoms with Crippen molar-refractivity contribution in [2.75, 3.05) is 13.6 Å². The molecule has 1 heterocycles. The zero-order chi connectivity index (χ0) is 15.5. The van der Waals surface area contributed by atoms with Crippen molar-refractivity contribution < 1.29 is 4.79 Å². The molecule has 1 aromatic carbocycles. The van der Waals surface area contributed by atoms with Gasteiger partial charge in [0.25, 0.3) is 0 Å². The standard InChI is InChI=1S/C16H23N3OS/c1-4-16(5-2,11-17)15(20)19(3)10-14-18-12-8-6-7-9-13(12)21-14/h6-9H,4-5,10-11,17H2,1-3H3. The van der Waals surface area contributed by atoms with Gasteiger partial charge in [0.1, 0.15) is 5.01 Å². The minimum absolute atomic E-state index is 0.120. The topological polar surface area (TPSA) is 59.2 Å². The summed E-state index contributed by atoms with van der Waals surface area (Å²) in [5.74, 6) is 0.120. The first kappa shape index (κ1) is 15.9. The Morgan fingerprint density at radius 1 is 1.33 bits per heavy atom. The molecule has 114 valence electrons. The Morgan fingerprint density at radius 3 is 2.57 bits per heavy atom. The minimum atomic E-state index is -0.439. The van der Waals surface area contributed by atoms with E-state index in [1.54, 1.807) is 16.2 Å². The molecule has 1 aromatic heterocycles. The molecule has 0 bridgehead atoms. The summed E-state index contributed by atoms with van der Waals surface area (Å²) in [7, 11) is 1.84. The van der Waals surface area contributed by atoms with Crippen LogP contribution in [-0.2, 0) is 11.3 Å². The fourth-order valence-electron chi connectivity index (χ4n) is 2.60. The van der Waals surface area contributed by atoms with Gasteiger partial charge in [-0.1, -0.05) is 26.0 Å². The lowest BCUT2D eigenvalue weighted by molar-refractivity contribution is -0.141. The first-order valence-electron chi connectivity index (χ1n) is 7.36. The molecule has 0 atom stereocenters. The van der Waals surface area contributed by atoms with Crippen LogP contribution < -0.4 is 5.73 Å². The van der Waals surface area contributed by atoms with Crippen molar-refractivity contribution in [2.45, 2.75) is 33.2 Å². The number of amides is 1. The zero-order valence-electron chi connectivity index (χ0n) is 12.9. The number of carbonyl (C=O) groups is 1. The highest BCUT2D eigenvalue weighted by Crippen LogP contribution is 2.29. The molecule has 0 aliphatic rings. The van der Waals surface area contributed by atoms with Gasteiger partial charge in [-0.05, 0) is 25.0 Å². The van der Waals surface area contributed by atoms with Gasteiger partial charge in [-0.2, -0.15) is 0 Å². The van der Waals surface area contributed by atoms with Crippen molar-refractivity contribution in [3.8, 4) is 0 Å². The highest BCUT2D eigenvalue weighted by molar-refractivity contribution is 7.18. The maximum Gasteiger partial charge on any atom is 0.230 e. The quantitative estimate of drug-likeness (QED) is 0.892. The van der Waals surface area contributed by atoms with Crippen LogP contribution in [-0.4, -0.2) is 29.4 Å². The summed E-state index contributed by atoms with van der Waals surface area (Å²) in [6.45, 7) is 4.99. The van der Waals surface area contributed by atoms with Crippen molar-refractivity contribution >= 4 is 27.5 Å². The summed E-state index contributed by atoms with van der Waals surface area (Å²) in [5.41, 5.74) is 6.42. The van der Waals surface area contributed by atoms with Crippen LogP contribution in [0.2, 0.25) is 0 Å². The van der Waals surface area contributed by atoms with Crippen LogP contribution in [0.25, 0.3) is 10.2 Å². The van der Waals surface area contributed by atoms with Gasteiger partial charge in [0, 0.05) is 13.6 Å². The Morgan fingerprint density at radius 2 is 2.00 bits per heavy atom. The molecular formula is C16H23N3OS. The lowest BCUT2D eigenvalue weighted by Crippen LogP contribution is -2.45. The van der Waals surface area contributed by atoms with Gasteiger partial charge in [0.2, 0.25) is 5.91 Å². The molecule has 1 amide bonds. The van der Waals surface area contributed by atoms with Crippen LogP contribution in [0.1, 0.15) is 31.7 Å². The molecular weight excluding hydrogens is 282 g/mol. The average molecular weight is 305 g/mol. The monoisotopic (exact) mass is 305 g/mol. The maximum absolute atomic E-state index is 12.7. The minimum Gasteiger partial charge on any atom is -0.338 e. The second kappa shape index (κ2) is 6.54. The van der Waals surface area contributed by atoms with E-state index in [9.17, 15) is 4.79 Å². The number of aromatic nitrogens is 1. The second-order valence-corrected chi connectivity index (χ2v) is 6.54. The van der Waals surface area contributed by atoms with Gasteiger partial charge in [-0.15, -0.1) is 11.3 Å². The summed E-state index contributed by atoms with van der Waals surface area (Å²) >= 11 is 1.64. The first-order valence-corrected chi connectivity index (χ1v) is 8.18. The Balaban J connectivity index is 2.16. The number of carbonyl (C=O) groups excluding carboxylic acids is 1. The maximum atomic E-state index is 12.7. The number of hydrogen-bond acceptors (Lipinski definition) is 4. The van der Waals surface area contributed by atoms with E-state index in [2.05, 4.69) is 11.1 Å². The third-order valence-electron chi connectivity index (χ3n) is 4.26. The molecule has 0 aliphatic carbocycles. The van der Waals surface area contributed by atoms with E-state index >= 15 is 0 Å². The van der Waals surface area contributed by atoms with Crippen LogP contribution >= 0.6 is 11.3 Å². The van der Waals surface area contributed by atoms with E-state index in [1.807, 2.05) is 39.1 Å². The van der Waals surface area contributed by atoms with Gasteiger partial charge in [0.05, 0.1) is 22.2 Å². The van der Waals surface area contributed by atoms with Crippen molar-refractivity contribution in [2.24, 2.45) is 11.1 Å². The number of benzene rings is 1. The molecule has 2 N–H and O–H groups in total. The van der Waals surface area contributed by atoms with Crippen molar-refractivity contribution in [3.63, 3.8) is 0 Å². The molecule has 0 saturated carbocycles. The van der Waals surface area contributed by atoms with Crippen LogP contribution in [0.5, 0.6) is 0 Å². The summed E-state index contributed by atoms with van der Waals surface area (Å²) in [6, 6.07) is 8.04. The van der Waals surface area contributed by atoms with E-state index in [0.29, 0.717) is 13.1 Å². The third kappa shape index (κ3) is 3.09. The van der Waals surface area contributed by atoms with Gasteiger partial charge in [-0.3, -0.25) is 4.79 Å². The Bertz CT molecular complexity index is 577. The van der Waals surface area contributed by atoms with Crippen molar-refractivity contribution in [3.05, 3.63) is 29.3 Å². The molecule has 0 saturated heterocycles. The van der Waals surface area contributed by atoms with Crippen LogP contribution in [0, 0.1) is 5.41 Å². The molecule has 0 unspecified atom stereocenters. The van der Waals surface area contributed by atoms with Gasteiger partial charge < -0.3 is 10.6 Å². The Hall–Kier alpha value is -1.46. The fourth-order valence-corrected chi connectivity index (χ4v) is 3.62. The normalized spacial score (nSPS) is 11.8. The Kier molecular flexibility index (Phi) is 4.96. The molecule has 0 fully saturated rings. The molecule has 21 heavy (non-hydrogen) atoms. The van der Waals surface area contributed by atoms with E-state index in [1.165, 1.54) is 0 Å². The number of thiazole rings is 1. The van der Waals surface area contributed by atoms with E-state index < -0.39 is 5.41 Å². The lowest BCUT2D eigenvalue weighted by Gasteiger charge is -2.32. The lowest BCUT2D eigenvalue weighted by atomic mass is 9.81. The van der Waals surface area contributed by atoms with E-state index in [-0.39, 0.29) is 5.91 Å². The summed E-state index contributed by atoms with van der Waals surface area (Å²) in [4.78, 5) is 19.1. The molecule has 2 aromatic rings. The molecule has 0 spiro atoms. The molecule has 2 rings (SSSR count). The molecule has 0 aliphatic heterocycles. The average Bonchev–Trinajstić information content (AvgIpc) is 2.91. The number of hydrogen-bond donors (Lipinski definition) is 1. The smallest absolute Gasteiger partial charge is 0.230 e. The number of nitrogens with two attached hydrogens (primary N) is 1. The zero-order valence-corrected chi connectivity index (χ0v) is 13.7. The number of fused-ring (bicyclic) bond motifs is 1. The highest BCUT2D eigenvalue weighted by atomic mass is 32.1. The second-order valence-electron chi connectivity index (χ2n) is 5.43. The third-order valence-corrected chi connectivity index (χ3v) is 5.28. The van der Waals surface area contributed by atoms with Crippen LogP contribution in [0.4, 0.5) is 0 Å². The highest BCUT2D eigenvalue weighted by Gasteiger charge is 2.35. The van der Waals surface area contributed by atoms with Crippen LogP contribution in [0.3, 0.4) is 0 Å². The van der Waals surface area contributed by atoms with E-state index in [4.69, 9.17) is 5.73 Å². The number of rotatable bonds is 6. The van der Waals surface area contributed by atoms with Gasteiger partial charge in [0.15, 0.2) is 0 Å². The first-order chi connectivity index (χ1) is 10.1. The van der Waals surface area contributed by atoms with Gasteiger partial charge in [-0.25, -0.2) is 4.98 Å². The Labute approximate surface area is 130 Å². The van der Waals surface area contributed by atoms with Crippen LogP contribution in [0.15, 0.2) is 24.3 Å². The number of nitrogens with zero attached hydrogens (tertiary/aromatic N) is 2. The predicted molar refractivity (Wildman–Crippen MR) is 88.2 cm³/mol. The van der Waals surface area contributed by atoms with Gasteiger partial charge >= 0.3 is 0 Å². The summed E-state index contributed by atoms with van der Waals surface area (Å²) < 4.78 is 1.16. The van der Waals surface area contributed by atoms with E-state index in [0.717, 1.165) is 28.1 Å². The summed E-state index contributed by atoms with van der Waals surface area (Å²) in [5, 5.41) is 0.963. The van der Waals surface area contributed by atoms with Crippen molar-refractivity contribution in [1.82, 2.24) is 9.88 Å².